The van der Waals surface area contributed by atoms with Crippen molar-refractivity contribution in [2.45, 2.75) is 19.1 Å². The third-order valence-electron chi connectivity index (χ3n) is 5.54. The van der Waals surface area contributed by atoms with E-state index in [9.17, 15) is 14.7 Å². The molecule has 0 fully saturated rings. The number of halogens is 1. The van der Waals surface area contributed by atoms with E-state index in [1.165, 1.54) is 6.08 Å². The van der Waals surface area contributed by atoms with Gasteiger partial charge in [-0.1, -0.05) is 72.3 Å². The Morgan fingerprint density at radius 2 is 1.62 bits per heavy atom. The van der Waals surface area contributed by atoms with Gasteiger partial charge in [-0.25, -0.2) is 9.78 Å². The molecule has 7 heteroatoms. The molecule has 3 aromatic carbocycles. The van der Waals surface area contributed by atoms with E-state index in [4.69, 9.17) is 16.3 Å². The highest BCUT2D eigenvalue weighted by Crippen LogP contribution is 2.20. The van der Waals surface area contributed by atoms with Crippen LogP contribution in [0.4, 0.5) is 0 Å². The number of carbonyl (C=O) groups is 2. The first-order valence-corrected chi connectivity index (χ1v) is 12.0. The van der Waals surface area contributed by atoms with Crippen molar-refractivity contribution in [3.05, 3.63) is 125 Å². The van der Waals surface area contributed by atoms with Crippen LogP contribution < -0.4 is 10.1 Å². The maximum atomic E-state index is 12.5. The van der Waals surface area contributed by atoms with Crippen LogP contribution >= 0.6 is 11.6 Å². The van der Waals surface area contributed by atoms with Gasteiger partial charge in [0.2, 0.25) is 5.91 Å². The first kappa shape index (κ1) is 25.7. The van der Waals surface area contributed by atoms with Crippen molar-refractivity contribution in [3.63, 3.8) is 0 Å². The Bertz CT molecular complexity index is 1370. The Morgan fingerprint density at radius 3 is 2.32 bits per heavy atom. The lowest BCUT2D eigenvalue weighted by molar-refractivity contribution is -0.141. The molecule has 4 rings (SSSR count). The number of hydrogen-bond acceptors (Lipinski definition) is 4. The molecule has 0 aliphatic heterocycles. The molecule has 0 saturated carbocycles. The summed E-state index contributed by atoms with van der Waals surface area (Å²) in [7, 11) is 0. The summed E-state index contributed by atoms with van der Waals surface area (Å²) in [5.41, 5.74) is 4.02. The number of pyridine rings is 1. The molecule has 37 heavy (non-hydrogen) atoms. The van der Waals surface area contributed by atoms with E-state index in [-0.39, 0.29) is 6.42 Å². The van der Waals surface area contributed by atoms with Crippen molar-refractivity contribution in [1.82, 2.24) is 10.3 Å². The number of carbonyl (C=O) groups excluding carboxylic acids is 1. The lowest BCUT2D eigenvalue weighted by Crippen LogP contribution is -2.41. The van der Waals surface area contributed by atoms with Gasteiger partial charge < -0.3 is 15.2 Å². The molecule has 1 aromatic heterocycles. The average Bonchev–Trinajstić information content (AvgIpc) is 2.92. The van der Waals surface area contributed by atoms with Crippen LogP contribution in [0.1, 0.15) is 16.8 Å². The summed E-state index contributed by atoms with van der Waals surface area (Å²) in [6, 6.07) is 28.7. The quantitative estimate of drug-likeness (QED) is 0.262. The maximum absolute atomic E-state index is 12.5. The van der Waals surface area contributed by atoms with Crippen LogP contribution in [0.3, 0.4) is 0 Å². The molecular formula is C30H25ClN2O4. The Hall–Kier alpha value is -4.42. The van der Waals surface area contributed by atoms with Crippen molar-refractivity contribution >= 4 is 29.6 Å². The van der Waals surface area contributed by atoms with E-state index in [0.29, 0.717) is 23.1 Å². The fourth-order valence-corrected chi connectivity index (χ4v) is 3.73. The van der Waals surface area contributed by atoms with Gasteiger partial charge in [0.1, 0.15) is 18.4 Å². The molecule has 1 amide bonds. The Morgan fingerprint density at radius 1 is 0.892 bits per heavy atom. The smallest absolute Gasteiger partial charge is 0.326 e. The number of carboxylic acid groups (broad SMARTS) is 1. The summed E-state index contributed by atoms with van der Waals surface area (Å²) in [6.07, 6.45) is 2.97. The zero-order chi connectivity index (χ0) is 26.0. The Balaban J connectivity index is 1.34. The fourth-order valence-electron chi connectivity index (χ4n) is 3.61. The van der Waals surface area contributed by atoms with Crippen LogP contribution in [-0.4, -0.2) is 28.0 Å². The van der Waals surface area contributed by atoms with Crippen molar-refractivity contribution in [3.8, 4) is 17.0 Å². The first-order valence-electron chi connectivity index (χ1n) is 11.7. The zero-order valence-corrected chi connectivity index (χ0v) is 20.6. The normalized spacial score (nSPS) is 11.7. The molecule has 0 aliphatic rings. The van der Waals surface area contributed by atoms with Crippen LogP contribution in [0.15, 0.2) is 103 Å². The first-order chi connectivity index (χ1) is 18.0. The summed E-state index contributed by atoms with van der Waals surface area (Å²) in [6.45, 7) is 0.442. The number of amides is 1. The predicted molar refractivity (Wildman–Crippen MR) is 144 cm³/mol. The minimum atomic E-state index is -1.12. The van der Waals surface area contributed by atoms with Crippen molar-refractivity contribution in [2.75, 3.05) is 0 Å². The molecule has 1 unspecified atom stereocenters. The minimum Gasteiger partial charge on any atom is -0.489 e. The van der Waals surface area contributed by atoms with Crippen LogP contribution in [0.2, 0.25) is 5.02 Å². The number of aliphatic carboxylic acids is 1. The molecule has 0 aliphatic carbocycles. The number of carboxylic acids is 1. The van der Waals surface area contributed by atoms with Gasteiger partial charge in [0.05, 0.1) is 11.4 Å². The maximum Gasteiger partial charge on any atom is 0.326 e. The van der Waals surface area contributed by atoms with Gasteiger partial charge in [0.15, 0.2) is 0 Å². The third kappa shape index (κ3) is 7.78. The van der Waals surface area contributed by atoms with Gasteiger partial charge in [-0.15, -0.1) is 0 Å². The summed E-state index contributed by atoms with van der Waals surface area (Å²) >= 11 is 5.95. The summed E-state index contributed by atoms with van der Waals surface area (Å²) in [5.74, 6) is -0.956. The number of rotatable bonds is 10. The van der Waals surface area contributed by atoms with Crippen molar-refractivity contribution < 1.29 is 19.4 Å². The standard InChI is InChI=1S/C30H25ClN2O4/c31-24-13-11-23(12-14-24)27-8-4-7-25(32-27)15-18-29(34)33-28(30(35)36)19-21-9-16-26(17-10-21)37-20-22-5-2-1-3-6-22/h1-18,28H,19-20H2,(H,33,34)(H,35,36). The minimum absolute atomic E-state index is 0.137. The largest absolute Gasteiger partial charge is 0.489 e. The molecule has 0 saturated heterocycles. The number of nitrogens with zero attached hydrogens (tertiary/aromatic N) is 1. The third-order valence-corrected chi connectivity index (χ3v) is 5.79. The lowest BCUT2D eigenvalue weighted by atomic mass is 10.1. The van der Waals surface area contributed by atoms with E-state index >= 15 is 0 Å². The van der Waals surface area contributed by atoms with Gasteiger partial charge in [0.25, 0.3) is 0 Å². The van der Waals surface area contributed by atoms with Crippen molar-refractivity contribution in [2.24, 2.45) is 0 Å². The highest BCUT2D eigenvalue weighted by atomic mass is 35.5. The molecule has 2 N–H and O–H groups in total. The molecule has 186 valence electrons. The van der Waals surface area contributed by atoms with Crippen LogP contribution in [0, 0.1) is 0 Å². The van der Waals surface area contributed by atoms with Gasteiger partial charge in [-0.3, -0.25) is 4.79 Å². The van der Waals surface area contributed by atoms with Crippen LogP contribution in [-0.2, 0) is 22.6 Å². The van der Waals surface area contributed by atoms with E-state index in [1.54, 1.807) is 48.5 Å². The predicted octanol–water partition coefficient (Wildman–Crippen LogP) is 5.81. The van der Waals surface area contributed by atoms with E-state index in [0.717, 1.165) is 22.4 Å². The van der Waals surface area contributed by atoms with E-state index < -0.39 is 17.9 Å². The average molecular weight is 513 g/mol. The van der Waals surface area contributed by atoms with Crippen LogP contribution in [0.5, 0.6) is 5.75 Å². The zero-order valence-electron chi connectivity index (χ0n) is 19.9. The number of nitrogens with one attached hydrogen (secondary N) is 1. The van der Waals surface area contributed by atoms with Gasteiger partial charge >= 0.3 is 5.97 Å². The molecule has 4 aromatic rings. The molecule has 6 nitrogen and oxygen atoms in total. The number of ether oxygens (including phenoxy) is 1. The van der Waals surface area contributed by atoms with Gasteiger partial charge in [-0.05, 0) is 53.6 Å². The second-order valence-corrected chi connectivity index (χ2v) is 8.75. The molecule has 0 radical (unpaired) electrons. The number of benzene rings is 3. The monoisotopic (exact) mass is 512 g/mol. The molecular weight excluding hydrogens is 488 g/mol. The Labute approximate surface area is 220 Å². The Kier molecular flexibility index (Phi) is 8.68. The van der Waals surface area contributed by atoms with Crippen molar-refractivity contribution in [1.29, 1.82) is 0 Å². The SMILES string of the molecule is O=C(C=Cc1cccc(-c2ccc(Cl)cc2)n1)NC(Cc1ccc(OCc2ccccc2)cc1)C(=O)O. The van der Waals surface area contributed by atoms with Gasteiger partial charge in [-0.2, -0.15) is 0 Å². The van der Waals surface area contributed by atoms with Crippen LogP contribution in [0.25, 0.3) is 17.3 Å². The fraction of sp³-hybridized carbons (Fsp3) is 0.100. The number of hydrogen-bond donors (Lipinski definition) is 2. The number of aromatic nitrogens is 1. The van der Waals surface area contributed by atoms with E-state index in [2.05, 4.69) is 10.3 Å². The summed E-state index contributed by atoms with van der Waals surface area (Å²) in [4.78, 5) is 28.8. The molecule has 0 bridgehead atoms. The second kappa shape index (κ2) is 12.5. The summed E-state index contributed by atoms with van der Waals surface area (Å²) < 4.78 is 5.77. The van der Waals surface area contributed by atoms with E-state index in [1.807, 2.05) is 54.6 Å². The highest BCUT2D eigenvalue weighted by molar-refractivity contribution is 6.30. The summed E-state index contributed by atoms with van der Waals surface area (Å²) in [5, 5.41) is 12.8. The second-order valence-electron chi connectivity index (χ2n) is 8.31. The van der Waals surface area contributed by atoms with Gasteiger partial charge in [0, 0.05) is 23.1 Å². The highest BCUT2D eigenvalue weighted by Gasteiger charge is 2.19. The molecule has 0 spiro atoms. The lowest BCUT2D eigenvalue weighted by Gasteiger charge is -2.14. The topological polar surface area (TPSA) is 88.5 Å². The molecule has 1 atom stereocenters. The molecule has 1 heterocycles.